The van der Waals surface area contributed by atoms with Crippen molar-refractivity contribution in [3.05, 3.63) is 29.8 Å². The van der Waals surface area contributed by atoms with E-state index in [1.165, 1.54) is 32.1 Å². The molecule has 0 saturated heterocycles. The molecule has 24 heavy (non-hydrogen) atoms. The van der Waals surface area contributed by atoms with Crippen LogP contribution in [0.15, 0.2) is 24.3 Å². The third-order valence-corrected chi connectivity index (χ3v) is 5.77. The predicted molar refractivity (Wildman–Crippen MR) is 101 cm³/mol. The Balaban J connectivity index is 1.66. The molecule has 0 bridgehead atoms. The minimum atomic E-state index is -1.21. The lowest BCUT2D eigenvalue weighted by Crippen LogP contribution is -2.49. The zero-order valence-electron chi connectivity index (χ0n) is 14.3. The Morgan fingerprint density at radius 2 is 1.96 bits per heavy atom. The number of hydrogen-bond donors (Lipinski definition) is 4. The van der Waals surface area contributed by atoms with Crippen molar-refractivity contribution in [2.75, 3.05) is 16.9 Å². The highest BCUT2D eigenvalue weighted by molar-refractivity contribution is 7.99. The first-order chi connectivity index (χ1) is 11.6. The van der Waals surface area contributed by atoms with Crippen LogP contribution in [0.1, 0.15) is 37.7 Å². The second-order valence-electron chi connectivity index (χ2n) is 6.63. The first-order valence-electron chi connectivity index (χ1n) is 8.70. The number of anilines is 1. The summed E-state index contributed by atoms with van der Waals surface area (Å²) in [4.78, 5) is 12.0. The Labute approximate surface area is 148 Å². The van der Waals surface area contributed by atoms with Crippen molar-refractivity contribution >= 4 is 23.4 Å². The van der Waals surface area contributed by atoms with E-state index in [0.717, 1.165) is 22.9 Å². The first kappa shape index (κ1) is 19.1. The normalized spacial score (nSPS) is 18.0. The molecule has 1 aromatic carbocycles. The molecule has 0 aliphatic heterocycles. The van der Waals surface area contributed by atoms with Gasteiger partial charge in [0.2, 0.25) is 0 Å². The van der Waals surface area contributed by atoms with E-state index in [0.29, 0.717) is 5.75 Å². The number of aliphatic hydroxyl groups is 1. The van der Waals surface area contributed by atoms with E-state index in [1.54, 1.807) is 11.8 Å². The van der Waals surface area contributed by atoms with Gasteiger partial charge in [0.25, 0.3) is 5.91 Å². The maximum absolute atomic E-state index is 12.0. The standard InChI is InChI=1S/C18H29N3O2S/c1-13-7-9-15(10-8-13)20-21-18(23)17(22)16(19)12-24-11-14-5-3-2-4-6-14/h7-10,14,16-17,20,22H,2-6,11-12,19H2,1H3,(H,21,23)/t16-,17+/m1/s1. The fourth-order valence-corrected chi connectivity index (χ4v) is 4.11. The zero-order chi connectivity index (χ0) is 17.4. The molecule has 1 aliphatic rings. The molecular weight excluding hydrogens is 322 g/mol. The lowest BCUT2D eigenvalue weighted by Gasteiger charge is -2.23. The lowest BCUT2D eigenvalue weighted by molar-refractivity contribution is -0.129. The summed E-state index contributed by atoms with van der Waals surface area (Å²) < 4.78 is 0. The molecule has 134 valence electrons. The van der Waals surface area contributed by atoms with E-state index in [-0.39, 0.29) is 0 Å². The Kier molecular flexibility index (Phi) is 7.88. The number of hydrogen-bond acceptors (Lipinski definition) is 5. The van der Waals surface area contributed by atoms with Gasteiger partial charge in [0.1, 0.15) is 6.10 Å². The molecule has 6 heteroatoms. The van der Waals surface area contributed by atoms with Gasteiger partial charge in [-0.15, -0.1) is 0 Å². The third-order valence-electron chi connectivity index (χ3n) is 4.44. The number of rotatable bonds is 8. The number of thioether (sulfide) groups is 1. The fourth-order valence-electron chi connectivity index (χ4n) is 2.85. The largest absolute Gasteiger partial charge is 0.382 e. The van der Waals surface area contributed by atoms with E-state index >= 15 is 0 Å². The van der Waals surface area contributed by atoms with Crippen molar-refractivity contribution in [3.63, 3.8) is 0 Å². The minimum Gasteiger partial charge on any atom is -0.382 e. The molecule has 5 N–H and O–H groups in total. The van der Waals surface area contributed by atoms with Crippen LogP contribution in [0.5, 0.6) is 0 Å². The van der Waals surface area contributed by atoms with Crippen LogP contribution in [-0.2, 0) is 4.79 Å². The van der Waals surface area contributed by atoms with Crippen LogP contribution < -0.4 is 16.6 Å². The summed E-state index contributed by atoms with van der Waals surface area (Å²) in [6.45, 7) is 2.00. The average Bonchev–Trinajstić information content (AvgIpc) is 2.61. The van der Waals surface area contributed by atoms with Gasteiger partial charge in [0.15, 0.2) is 0 Å². The SMILES string of the molecule is Cc1ccc(NNC(=O)[C@@H](O)[C@H](N)CSCC2CCCCC2)cc1. The van der Waals surface area contributed by atoms with Gasteiger partial charge in [0.05, 0.1) is 5.69 Å². The predicted octanol–water partition coefficient (Wildman–Crippen LogP) is 2.44. The van der Waals surface area contributed by atoms with Gasteiger partial charge in [0, 0.05) is 11.8 Å². The van der Waals surface area contributed by atoms with Crippen LogP contribution in [0, 0.1) is 12.8 Å². The Morgan fingerprint density at radius 1 is 1.29 bits per heavy atom. The molecule has 2 atom stereocenters. The Bertz CT molecular complexity index is 503. The molecular formula is C18H29N3O2S. The van der Waals surface area contributed by atoms with Gasteiger partial charge >= 0.3 is 0 Å². The first-order valence-corrected chi connectivity index (χ1v) is 9.85. The summed E-state index contributed by atoms with van der Waals surface area (Å²) in [6, 6.07) is 7.06. The van der Waals surface area contributed by atoms with Gasteiger partial charge in [-0.1, -0.05) is 37.0 Å². The second kappa shape index (κ2) is 9.91. The van der Waals surface area contributed by atoms with Gasteiger partial charge in [-0.05, 0) is 43.6 Å². The van der Waals surface area contributed by atoms with Crippen LogP contribution in [-0.4, -0.2) is 34.7 Å². The van der Waals surface area contributed by atoms with E-state index in [9.17, 15) is 9.90 Å². The lowest BCUT2D eigenvalue weighted by atomic mass is 9.91. The topological polar surface area (TPSA) is 87.4 Å². The minimum absolute atomic E-state index is 0.499. The average molecular weight is 352 g/mol. The molecule has 1 amide bonds. The van der Waals surface area contributed by atoms with E-state index in [2.05, 4.69) is 10.9 Å². The molecule has 2 rings (SSSR count). The summed E-state index contributed by atoms with van der Waals surface area (Å²) in [5.41, 5.74) is 13.2. The van der Waals surface area contributed by atoms with Crippen LogP contribution in [0.25, 0.3) is 0 Å². The molecule has 5 nitrogen and oxygen atoms in total. The summed E-state index contributed by atoms with van der Waals surface area (Å²) >= 11 is 1.74. The summed E-state index contributed by atoms with van der Waals surface area (Å²) in [6.07, 6.45) is 5.40. The Hall–Kier alpha value is -1.24. The van der Waals surface area contributed by atoms with Crippen molar-refractivity contribution in [2.24, 2.45) is 11.7 Å². The van der Waals surface area contributed by atoms with Gasteiger partial charge in [-0.25, -0.2) is 0 Å². The number of aryl methyl sites for hydroxylation is 1. The monoisotopic (exact) mass is 351 g/mol. The van der Waals surface area contributed by atoms with Gasteiger partial charge < -0.3 is 10.8 Å². The quantitative estimate of drug-likeness (QED) is 0.540. The van der Waals surface area contributed by atoms with Crippen LogP contribution in [0.4, 0.5) is 5.69 Å². The molecule has 0 spiro atoms. The molecule has 1 aliphatic carbocycles. The smallest absolute Gasteiger partial charge is 0.268 e. The molecule has 0 aromatic heterocycles. The second-order valence-corrected chi connectivity index (χ2v) is 7.71. The summed E-state index contributed by atoms with van der Waals surface area (Å²) in [5, 5.41) is 10.1. The molecule has 0 radical (unpaired) electrons. The van der Waals surface area contributed by atoms with Crippen molar-refractivity contribution in [2.45, 2.75) is 51.2 Å². The van der Waals surface area contributed by atoms with Crippen molar-refractivity contribution in [1.29, 1.82) is 0 Å². The Morgan fingerprint density at radius 3 is 2.62 bits per heavy atom. The van der Waals surface area contributed by atoms with Gasteiger partial charge in [-0.2, -0.15) is 11.8 Å². The van der Waals surface area contributed by atoms with Crippen LogP contribution >= 0.6 is 11.8 Å². The molecule has 1 saturated carbocycles. The summed E-state index contributed by atoms with van der Waals surface area (Å²) in [7, 11) is 0. The highest BCUT2D eigenvalue weighted by Gasteiger charge is 2.23. The number of aliphatic hydroxyl groups excluding tert-OH is 1. The zero-order valence-corrected chi connectivity index (χ0v) is 15.1. The van der Waals surface area contributed by atoms with Crippen molar-refractivity contribution < 1.29 is 9.90 Å². The number of nitrogens with two attached hydrogens (primary N) is 1. The molecule has 1 fully saturated rings. The molecule has 0 unspecified atom stereocenters. The van der Waals surface area contributed by atoms with E-state index in [1.807, 2.05) is 31.2 Å². The number of amides is 1. The maximum atomic E-state index is 12.0. The highest BCUT2D eigenvalue weighted by Crippen LogP contribution is 2.26. The van der Waals surface area contributed by atoms with E-state index in [4.69, 9.17) is 5.73 Å². The number of benzene rings is 1. The highest BCUT2D eigenvalue weighted by atomic mass is 32.2. The van der Waals surface area contributed by atoms with E-state index < -0.39 is 18.1 Å². The molecule has 0 heterocycles. The third kappa shape index (κ3) is 6.34. The number of carbonyl (C=O) groups excluding carboxylic acids is 1. The van der Waals surface area contributed by atoms with Gasteiger partial charge in [-0.3, -0.25) is 15.6 Å². The number of nitrogens with one attached hydrogen (secondary N) is 2. The van der Waals surface area contributed by atoms with Crippen molar-refractivity contribution in [3.8, 4) is 0 Å². The molecule has 1 aromatic rings. The van der Waals surface area contributed by atoms with Crippen LogP contribution in [0.2, 0.25) is 0 Å². The number of hydrazine groups is 1. The van der Waals surface area contributed by atoms with Crippen LogP contribution in [0.3, 0.4) is 0 Å². The summed E-state index contributed by atoms with van der Waals surface area (Å²) in [5.74, 6) is 1.94. The van der Waals surface area contributed by atoms with Crippen molar-refractivity contribution in [1.82, 2.24) is 5.43 Å². The maximum Gasteiger partial charge on any atom is 0.268 e. The fraction of sp³-hybridized carbons (Fsp3) is 0.611. The number of carbonyl (C=O) groups is 1.